The second-order valence-corrected chi connectivity index (χ2v) is 4.99. The largest absolute Gasteiger partial charge is 0.364 e. The minimum Gasteiger partial charge on any atom is -0.364 e. The lowest BCUT2D eigenvalue weighted by Gasteiger charge is -2.14. The topological polar surface area (TPSA) is 35.8 Å². The van der Waals surface area contributed by atoms with Crippen molar-refractivity contribution >= 4 is 28.3 Å². The molecule has 0 saturated carbocycles. The number of anilines is 1. The summed E-state index contributed by atoms with van der Waals surface area (Å²) in [6.07, 6.45) is 0. The van der Waals surface area contributed by atoms with Crippen molar-refractivity contribution in [2.24, 2.45) is 0 Å². The van der Waals surface area contributed by atoms with Crippen LogP contribution < -0.4 is 5.32 Å². The zero-order valence-electron chi connectivity index (χ0n) is 9.40. The highest BCUT2D eigenvalue weighted by molar-refractivity contribution is 14.1. The Labute approximate surface area is 119 Å². The Morgan fingerprint density at radius 2 is 1.94 bits per heavy atom. The summed E-state index contributed by atoms with van der Waals surface area (Å²) in [5, 5.41) is 12.1. The lowest BCUT2D eigenvalue weighted by atomic mass is 10.1. The number of benzene rings is 2. The molecule has 0 fully saturated rings. The summed E-state index contributed by atoms with van der Waals surface area (Å²) < 4.78 is 14.6. The smallest absolute Gasteiger partial charge is 0.146 e. The van der Waals surface area contributed by atoms with E-state index in [2.05, 4.69) is 34.0 Å². The van der Waals surface area contributed by atoms with Gasteiger partial charge in [-0.25, -0.2) is 4.39 Å². The first-order chi connectivity index (χ1) is 8.70. The molecule has 0 bridgehead atoms. The van der Waals surface area contributed by atoms with Crippen molar-refractivity contribution < 1.29 is 4.39 Å². The summed E-state index contributed by atoms with van der Waals surface area (Å²) >= 11 is 2.18. The zero-order chi connectivity index (χ0) is 13.0. The standard InChI is InChI=1S/C14H10FIN2/c15-12-6-1-2-7-13(12)18-14(9-17)10-4-3-5-11(16)8-10/h1-8,14,18H. The highest BCUT2D eigenvalue weighted by atomic mass is 127. The maximum absolute atomic E-state index is 13.5. The van der Waals surface area contributed by atoms with Crippen LogP contribution in [-0.2, 0) is 0 Å². The van der Waals surface area contributed by atoms with Crippen LogP contribution in [-0.4, -0.2) is 0 Å². The van der Waals surface area contributed by atoms with Gasteiger partial charge in [0.15, 0.2) is 0 Å². The summed E-state index contributed by atoms with van der Waals surface area (Å²) in [6.45, 7) is 0. The van der Waals surface area contributed by atoms with Crippen LogP contribution in [0.2, 0.25) is 0 Å². The Balaban J connectivity index is 2.26. The van der Waals surface area contributed by atoms with E-state index in [4.69, 9.17) is 0 Å². The van der Waals surface area contributed by atoms with Crippen molar-refractivity contribution in [3.05, 3.63) is 63.5 Å². The van der Waals surface area contributed by atoms with Gasteiger partial charge in [-0.3, -0.25) is 0 Å². The molecule has 0 amide bonds. The van der Waals surface area contributed by atoms with Crippen molar-refractivity contribution in [2.75, 3.05) is 5.32 Å². The van der Waals surface area contributed by atoms with Crippen molar-refractivity contribution in [1.82, 2.24) is 0 Å². The van der Waals surface area contributed by atoms with Crippen LogP contribution in [0.25, 0.3) is 0 Å². The maximum Gasteiger partial charge on any atom is 0.146 e. The molecule has 0 heterocycles. The summed E-state index contributed by atoms with van der Waals surface area (Å²) in [4.78, 5) is 0. The lowest BCUT2D eigenvalue weighted by molar-refractivity contribution is 0.629. The van der Waals surface area contributed by atoms with Gasteiger partial charge in [-0.05, 0) is 52.4 Å². The first-order valence-corrected chi connectivity index (χ1v) is 6.45. The molecule has 1 atom stereocenters. The second-order valence-electron chi connectivity index (χ2n) is 3.74. The number of rotatable bonds is 3. The first kappa shape index (κ1) is 12.8. The quantitative estimate of drug-likeness (QED) is 0.844. The fraction of sp³-hybridized carbons (Fsp3) is 0.0714. The molecule has 90 valence electrons. The number of nitrogens with zero attached hydrogens (tertiary/aromatic N) is 1. The van der Waals surface area contributed by atoms with Gasteiger partial charge in [0.1, 0.15) is 11.9 Å². The summed E-state index contributed by atoms with van der Waals surface area (Å²) in [5.74, 6) is -0.358. The van der Waals surface area contributed by atoms with E-state index in [0.29, 0.717) is 5.69 Å². The lowest BCUT2D eigenvalue weighted by Crippen LogP contribution is -2.09. The molecule has 1 N–H and O–H groups in total. The fourth-order valence-corrected chi connectivity index (χ4v) is 2.18. The zero-order valence-corrected chi connectivity index (χ0v) is 11.6. The van der Waals surface area contributed by atoms with Gasteiger partial charge in [0.2, 0.25) is 0 Å². The Morgan fingerprint density at radius 1 is 1.17 bits per heavy atom. The highest BCUT2D eigenvalue weighted by Gasteiger charge is 2.12. The van der Waals surface area contributed by atoms with Crippen LogP contribution >= 0.6 is 22.6 Å². The van der Waals surface area contributed by atoms with E-state index in [-0.39, 0.29) is 5.82 Å². The predicted octanol–water partition coefficient (Wildman–Crippen LogP) is 4.11. The van der Waals surface area contributed by atoms with Gasteiger partial charge in [0.05, 0.1) is 11.8 Å². The van der Waals surface area contributed by atoms with Crippen LogP contribution in [0.3, 0.4) is 0 Å². The Bertz CT molecular complexity index is 592. The van der Waals surface area contributed by atoms with Crippen LogP contribution in [0.15, 0.2) is 48.5 Å². The Kier molecular flexibility index (Phi) is 4.15. The van der Waals surface area contributed by atoms with E-state index in [1.165, 1.54) is 6.07 Å². The number of nitriles is 1. The van der Waals surface area contributed by atoms with E-state index < -0.39 is 6.04 Å². The highest BCUT2D eigenvalue weighted by Crippen LogP contribution is 2.22. The van der Waals surface area contributed by atoms with Gasteiger partial charge in [0, 0.05) is 3.57 Å². The Hall–Kier alpha value is -1.61. The van der Waals surface area contributed by atoms with Gasteiger partial charge in [0.25, 0.3) is 0 Å². The molecule has 2 aromatic carbocycles. The normalized spacial score (nSPS) is 11.6. The van der Waals surface area contributed by atoms with E-state index in [1.54, 1.807) is 18.2 Å². The molecule has 0 radical (unpaired) electrons. The predicted molar refractivity (Wildman–Crippen MR) is 77.5 cm³/mol. The van der Waals surface area contributed by atoms with E-state index in [0.717, 1.165) is 9.13 Å². The van der Waals surface area contributed by atoms with Crippen LogP contribution in [0.5, 0.6) is 0 Å². The van der Waals surface area contributed by atoms with Crippen LogP contribution in [0, 0.1) is 20.7 Å². The molecule has 0 spiro atoms. The van der Waals surface area contributed by atoms with E-state index >= 15 is 0 Å². The van der Waals surface area contributed by atoms with E-state index in [1.807, 2.05) is 24.3 Å². The third-order valence-electron chi connectivity index (χ3n) is 2.48. The molecule has 0 aliphatic heterocycles. The van der Waals surface area contributed by atoms with Gasteiger partial charge >= 0.3 is 0 Å². The molecular formula is C14H10FIN2. The summed E-state index contributed by atoms with van der Waals surface area (Å²) in [7, 11) is 0. The molecule has 2 aromatic rings. The average Bonchev–Trinajstić information content (AvgIpc) is 2.38. The molecule has 18 heavy (non-hydrogen) atoms. The number of nitrogens with one attached hydrogen (secondary N) is 1. The molecule has 2 rings (SSSR count). The van der Waals surface area contributed by atoms with Gasteiger partial charge in [-0.2, -0.15) is 5.26 Å². The third-order valence-corrected chi connectivity index (χ3v) is 3.16. The molecule has 4 heteroatoms. The van der Waals surface area contributed by atoms with Crippen molar-refractivity contribution in [3.8, 4) is 6.07 Å². The Morgan fingerprint density at radius 3 is 2.61 bits per heavy atom. The number of halogens is 2. The van der Waals surface area contributed by atoms with Crippen molar-refractivity contribution in [3.63, 3.8) is 0 Å². The molecule has 2 nitrogen and oxygen atoms in total. The van der Waals surface area contributed by atoms with Crippen molar-refractivity contribution in [2.45, 2.75) is 6.04 Å². The molecule has 0 aromatic heterocycles. The second kappa shape index (κ2) is 5.83. The summed E-state index contributed by atoms with van der Waals surface area (Å²) in [6, 6.07) is 15.5. The first-order valence-electron chi connectivity index (χ1n) is 5.37. The molecule has 1 unspecified atom stereocenters. The van der Waals surface area contributed by atoms with Crippen LogP contribution in [0.4, 0.5) is 10.1 Å². The molecular weight excluding hydrogens is 342 g/mol. The molecule has 0 aliphatic rings. The van der Waals surface area contributed by atoms with Gasteiger partial charge in [-0.1, -0.05) is 24.3 Å². The maximum atomic E-state index is 13.5. The number of hydrogen-bond donors (Lipinski definition) is 1. The average molecular weight is 352 g/mol. The monoisotopic (exact) mass is 352 g/mol. The molecule has 0 aliphatic carbocycles. The van der Waals surface area contributed by atoms with Gasteiger partial charge < -0.3 is 5.32 Å². The SMILES string of the molecule is N#CC(Nc1ccccc1F)c1cccc(I)c1. The van der Waals surface area contributed by atoms with E-state index in [9.17, 15) is 9.65 Å². The van der Waals surface area contributed by atoms with Crippen LogP contribution in [0.1, 0.15) is 11.6 Å². The summed E-state index contributed by atoms with van der Waals surface area (Å²) in [5.41, 5.74) is 1.16. The number of para-hydroxylation sites is 1. The van der Waals surface area contributed by atoms with Gasteiger partial charge in [-0.15, -0.1) is 0 Å². The molecule has 0 saturated heterocycles. The number of hydrogen-bond acceptors (Lipinski definition) is 2. The minimum absolute atomic E-state index is 0.336. The fourth-order valence-electron chi connectivity index (χ4n) is 1.61. The minimum atomic E-state index is -0.559. The van der Waals surface area contributed by atoms with Crippen molar-refractivity contribution in [1.29, 1.82) is 5.26 Å². The third kappa shape index (κ3) is 2.99.